The second kappa shape index (κ2) is 11.8. The molecule has 192 valence electrons. The van der Waals surface area contributed by atoms with E-state index in [0.717, 1.165) is 25.7 Å². The fourth-order valence-corrected chi connectivity index (χ4v) is 5.62. The van der Waals surface area contributed by atoms with E-state index in [1.165, 1.54) is 44.2 Å². The van der Waals surface area contributed by atoms with Crippen LogP contribution in [0.4, 0.5) is 4.39 Å². The van der Waals surface area contributed by atoms with E-state index in [-0.39, 0.29) is 28.4 Å². The van der Waals surface area contributed by atoms with Crippen molar-refractivity contribution in [2.75, 3.05) is 0 Å². The Labute approximate surface area is 212 Å². The third kappa shape index (κ3) is 5.37. The standard InChI is InChI=1S/C30H36FNO4/c1-2-3-4-5-6-7-8-9-10-12-21-28(34)27-26(30(36)29(21)35)24(19-15-17-20(31)18-16-19)25-22(32-27)13-11-14-23(25)33/h15-18,24,32,34H,2-14H2,1H3. The third-order valence-electron chi connectivity index (χ3n) is 7.56. The fraction of sp³-hybridized carbons (Fsp3) is 0.500. The van der Waals surface area contributed by atoms with Crippen molar-refractivity contribution >= 4 is 17.3 Å². The van der Waals surface area contributed by atoms with Gasteiger partial charge in [-0.15, -0.1) is 0 Å². The minimum Gasteiger partial charge on any atom is -0.505 e. The molecule has 6 heteroatoms. The zero-order chi connectivity index (χ0) is 25.7. The second-order valence-electron chi connectivity index (χ2n) is 10.1. The molecule has 4 rings (SSSR count). The normalized spacial score (nSPS) is 20.1. The Morgan fingerprint density at radius 3 is 2.17 bits per heavy atom. The van der Waals surface area contributed by atoms with Crippen molar-refractivity contribution in [3.8, 4) is 0 Å². The predicted octanol–water partition coefficient (Wildman–Crippen LogP) is 6.66. The molecule has 1 unspecified atom stereocenters. The van der Waals surface area contributed by atoms with Crippen molar-refractivity contribution in [2.24, 2.45) is 0 Å². The zero-order valence-corrected chi connectivity index (χ0v) is 21.1. The summed E-state index contributed by atoms with van der Waals surface area (Å²) in [7, 11) is 0. The maximum absolute atomic E-state index is 13.6. The Bertz CT molecular complexity index is 1130. The molecule has 0 fully saturated rings. The molecule has 0 aromatic heterocycles. The molecule has 1 aliphatic heterocycles. The van der Waals surface area contributed by atoms with Crippen LogP contribution >= 0.6 is 0 Å². The fourth-order valence-electron chi connectivity index (χ4n) is 5.62. The number of benzene rings is 1. The molecule has 1 heterocycles. The number of hydrogen-bond acceptors (Lipinski definition) is 5. The second-order valence-corrected chi connectivity index (χ2v) is 10.1. The van der Waals surface area contributed by atoms with E-state index in [9.17, 15) is 23.9 Å². The van der Waals surface area contributed by atoms with E-state index in [1.54, 1.807) is 12.1 Å². The molecule has 36 heavy (non-hydrogen) atoms. The summed E-state index contributed by atoms with van der Waals surface area (Å²) >= 11 is 0. The molecular formula is C30H36FNO4. The molecule has 0 saturated carbocycles. The predicted molar refractivity (Wildman–Crippen MR) is 137 cm³/mol. The molecule has 0 amide bonds. The molecule has 2 N–H and O–H groups in total. The van der Waals surface area contributed by atoms with Gasteiger partial charge in [-0.1, -0.05) is 70.4 Å². The van der Waals surface area contributed by atoms with Gasteiger partial charge in [0.05, 0.1) is 5.70 Å². The minimum absolute atomic E-state index is 0.0890. The summed E-state index contributed by atoms with van der Waals surface area (Å²) in [4.78, 5) is 39.5. The summed E-state index contributed by atoms with van der Waals surface area (Å²) in [6, 6.07) is 5.65. The Balaban J connectivity index is 1.55. The maximum atomic E-state index is 13.6. The Morgan fingerprint density at radius 1 is 0.861 bits per heavy atom. The van der Waals surface area contributed by atoms with Crippen molar-refractivity contribution < 1.29 is 23.9 Å². The first kappa shape index (κ1) is 26.1. The van der Waals surface area contributed by atoms with Crippen LogP contribution in [0.1, 0.15) is 102 Å². The molecule has 0 bridgehead atoms. The molecule has 0 saturated heterocycles. The van der Waals surface area contributed by atoms with Crippen LogP contribution in [0.2, 0.25) is 0 Å². The van der Waals surface area contributed by atoms with E-state index in [4.69, 9.17) is 0 Å². The van der Waals surface area contributed by atoms with Gasteiger partial charge in [-0.05, 0) is 43.4 Å². The van der Waals surface area contributed by atoms with E-state index >= 15 is 0 Å². The SMILES string of the molecule is CCCCCCCCCCCC1=C(O)C2=C(C(=O)C1=O)C(c1ccc(F)cc1)C1=C(CCCC1=O)N2. The summed E-state index contributed by atoms with van der Waals surface area (Å²) in [6.07, 6.45) is 12.1. The van der Waals surface area contributed by atoms with Gasteiger partial charge in [0, 0.05) is 34.8 Å². The average Bonchev–Trinajstić information content (AvgIpc) is 2.88. The van der Waals surface area contributed by atoms with Gasteiger partial charge in [-0.2, -0.15) is 0 Å². The number of dihydropyridines is 1. The molecule has 1 aromatic carbocycles. The van der Waals surface area contributed by atoms with Gasteiger partial charge in [-0.25, -0.2) is 4.39 Å². The highest BCUT2D eigenvalue weighted by Crippen LogP contribution is 2.45. The minimum atomic E-state index is -0.794. The number of rotatable bonds is 11. The van der Waals surface area contributed by atoms with Crippen LogP contribution in [0.5, 0.6) is 0 Å². The lowest BCUT2D eigenvalue weighted by Crippen LogP contribution is -2.40. The Morgan fingerprint density at radius 2 is 1.50 bits per heavy atom. The number of carbonyl (C=O) groups is 3. The Kier molecular flexibility index (Phi) is 8.55. The van der Waals surface area contributed by atoms with Crippen molar-refractivity contribution in [3.05, 3.63) is 69.5 Å². The van der Waals surface area contributed by atoms with E-state index in [0.29, 0.717) is 42.5 Å². The summed E-state index contributed by atoms with van der Waals surface area (Å²) in [5, 5.41) is 14.3. The van der Waals surface area contributed by atoms with Crippen molar-refractivity contribution in [1.82, 2.24) is 5.32 Å². The van der Waals surface area contributed by atoms with Gasteiger partial charge in [0.15, 0.2) is 5.78 Å². The van der Waals surface area contributed by atoms with Crippen molar-refractivity contribution in [1.29, 1.82) is 0 Å². The van der Waals surface area contributed by atoms with Gasteiger partial charge in [0.2, 0.25) is 11.6 Å². The molecule has 2 aliphatic carbocycles. The number of hydrogen-bond donors (Lipinski definition) is 2. The van der Waals surface area contributed by atoms with E-state index < -0.39 is 23.3 Å². The van der Waals surface area contributed by atoms with Crippen LogP contribution in [0.3, 0.4) is 0 Å². The smallest absolute Gasteiger partial charge is 0.233 e. The number of halogens is 1. The van der Waals surface area contributed by atoms with Gasteiger partial charge in [0.25, 0.3) is 0 Å². The number of aliphatic hydroxyl groups is 1. The molecule has 0 spiro atoms. The first-order chi connectivity index (χ1) is 17.4. The number of ketones is 3. The third-order valence-corrected chi connectivity index (χ3v) is 7.56. The van der Waals surface area contributed by atoms with Crippen molar-refractivity contribution in [3.63, 3.8) is 0 Å². The zero-order valence-electron chi connectivity index (χ0n) is 21.1. The topological polar surface area (TPSA) is 83.5 Å². The number of nitrogens with one attached hydrogen (secondary N) is 1. The van der Waals surface area contributed by atoms with Crippen molar-refractivity contribution in [2.45, 2.75) is 96.3 Å². The summed E-state index contributed by atoms with van der Waals surface area (Å²) in [5.41, 5.74) is 2.16. The first-order valence-corrected chi connectivity index (χ1v) is 13.5. The van der Waals surface area contributed by atoms with Gasteiger partial charge < -0.3 is 10.4 Å². The molecule has 3 aliphatic rings. The van der Waals surface area contributed by atoms with Crippen LogP contribution < -0.4 is 5.32 Å². The molecular weight excluding hydrogens is 457 g/mol. The van der Waals surface area contributed by atoms with Crippen LogP contribution in [0, 0.1) is 5.82 Å². The highest BCUT2D eigenvalue weighted by Gasteiger charge is 2.45. The summed E-state index contributed by atoms with van der Waals surface area (Å²) < 4.78 is 13.6. The molecule has 5 nitrogen and oxygen atoms in total. The number of allylic oxidation sites excluding steroid dienone is 4. The number of Topliss-reactive ketones (excluding diaryl/α,β-unsaturated/α-hetero) is 3. The molecule has 0 radical (unpaired) electrons. The molecule has 1 aromatic rings. The first-order valence-electron chi connectivity index (χ1n) is 13.5. The van der Waals surface area contributed by atoms with Gasteiger partial charge >= 0.3 is 0 Å². The van der Waals surface area contributed by atoms with Crippen LogP contribution in [0.15, 0.2) is 58.1 Å². The van der Waals surface area contributed by atoms with Crippen LogP contribution in [0.25, 0.3) is 0 Å². The average molecular weight is 494 g/mol. The van der Waals surface area contributed by atoms with E-state index in [1.807, 2.05) is 0 Å². The van der Waals surface area contributed by atoms with Gasteiger partial charge in [0.1, 0.15) is 11.6 Å². The maximum Gasteiger partial charge on any atom is 0.233 e. The molecule has 1 atom stereocenters. The lowest BCUT2D eigenvalue weighted by Gasteiger charge is -2.36. The van der Waals surface area contributed by atoms with Crippen LogP contribution in [-0.2, 0) is 14.4 Å². The summed E-state index contributed by atoms with van der Waals surface area (Å²) in [6.45, 7) is 2.21. The lowest BCUT2D eigenvalue weighted by atomic mass is 9.71. The largest absolute Gasteiger partial charge is 0.505 e. The van der Waals surface area contributed by atoms with Crippen LogP contribution in [-0.4, -0.2) is 22.5 Å². The number of carbonyl (C=O) groups excluding carboxylic acids is 3. The highest BCUT2D eigenvalue weighted by atomic mass is 19.1. The number of unbranched alkanes of at least 4 members (excludes halogenated alkanes) is 8. The lowest BCUT2D eigenvalue weighted by molar-refractivity contribution is -0.132. The van der Waals surface area contributed by atoms with E-state index in [2.05, 4.69) is 12.2 Å². The Hall–Kier alpha value is -3.02. The van der Waals surface area contributed by atoms with Gasteiger partial charge in [-0.3, -0.25) is 14.4 Å². The summed E-state index contributed by atoms with van der Waals surface area (Å²) in [5.74, 6) is -2.90. The highest BCUT2D eigenvalue weighted by molar-refractivity contribution is 6.50. The number of aliphatic hydroxyl groups excluding tert-OH is 1. The monoisotopic (exact) mass is 493 g/mol. The quantitative estimate of drug-likeness (QED) is 0.205.